The van der Waals surface area contributed by atoms with Crippen molar-refractivity contribution in [3.63, 3.8) is 0 Å². The van der Waals surface area contributed by atoms with Crippen molar-refractivity contribution in [2.75, 3.05) is 0 Å². The molecule has 0 spiro atoms. The Labute approximate surface area is 225 Å². The Bertz CT molecular complexity index is 2310. The summed E-state index contributed by atoms with van der Waals surface area (Å²) in [6, 6.07) is 48.5. The second-order valence-electron chi connectivity index (χ2n) is 10.5. The van der Waals surface area contributed by atoms with E-state index in [9.17, 15) is 0 Å². The van der Waals surface area contributed by atoms with Gasteiger partial charge in [-0.25, -0.2) is 0 Å². The normalized spacial score (nSPS) is 12.3. The molecular weight excluding hydrogens is 472 g/mol. The van der Waals surface area contributed by atoms with Crippen LogP contribution < -0.4 is 4.74 Å². The van der Waals surface area contributed by atoms with Crippen molar-refractivity contribution in [1.29, 1.82) is 0 Å². The van der Waals surface area contributed by atoms with Crippen LogP contribution in [0, 0.1) is 0 Å². The maximum atomic E-state index is 6.46. The Kier molecular flexibility index (Phi) is 4.11. The van der Waals surface area contributed by atoms with Crippen LogP contribution >= 0.6 is 0 Å². The highest BCUT2D eigenvalue weighted by Gasteiger charge is 2.23. The monoisotopic (exact) mass is 494 g/mol. The second-order valence-corrected chi connectivity index (χ2v) is 10.5. The molecule has 1 nitrogen and oxygen atoms in total. The molecule has 0 N–H and O–H groups in total. The van der Waals surface area contributed by atoms with Crippen molar-refractivity contribution in [2.24, 2.45) is 0 Å². The maximum absolute atomic E-state index is 6.46. The SMILES string of the molecule is c1ccc2c(c1)Oc1cc3ccccc3c3cc(-c4cccc5cc6c(ccc7ccccc76)cc45)cc-2c13. The third kappa shape index (κ3) is 2.96. The van der Waals surface area contributed by atoms with Gasteiger partial charge in [0.25, 0.3) is 0 Å². The van der Waals surface area contributed by atoms with Gasteiger partial charge < -0.3 is 4.74 Å². The van der Waals surface area contributed by atoms with Crippen molar-refractivity contribution in [2.45, 2.75) is 0 Å². The van der Waals surface area contributed by atoms with Gasteiger partial charge in [0.2, 0.25) is 0 Å². The molecule has 1 heterocycles. The van der Waals surface area contributed by atoms with E-state index in [0.717, 1.165) is 17.1 Å². The number of benzene rings is 8. The number of ether oxygens (including phenoxy) is 1. The fourth-order valence-corrected chi connectivity index (χ4v) is 6.58. The Hall–Kier alpha value is -5.14. The van der Waals surface area contributed by atoms with E-state index in [0.29, 0.717) is 0 Å². The van der Waals surface area contributed by atoms with Gasteiger partial charge in [0.05, 0.1) is 0 Å². The minimum atomic E-state index is 0.912. The predicted molar refractivity (Wildman–Crippen MR) is 165 cm³/mol. The van der Waals surface area contributed by atoms with Gasteiger partial charge in [-0.05, 0) is 102 Å². The lowest BCUT2D eigenvalue weighted by atomic mass is 9.87. The van der Waals surface area contributed by atoms with Crippen LogP contribution in [0.3, 0.4) is 0 Å². The molecule has 0 aromatic heterocycles. The predicted octanol–water partition coefficient (Wildman–Crippen LogP) is 10.9. The van der Waals surface area contributed by atoms with Crippen LogP contribution in [0.1, 0.15) is 0 Å². The van der Waals surface area contributed by atoms with Gasteiger partial charge in [0.1, 0.15) is 11.5 Å². The van der Waals surface area contributed by atoms with E-state index >= 15 is 0 Å². The quantitative estimate of drug-likeness (QED) is 0.163. The fraction of sp³-hybridized carbons (Fsp3) is 0. The smallest absolute Gasteiger partial charge is 0.136 e. The molecule has 1 aliphatic heterocycles. The summed E-state index contributed by atoms with van der Waals surface area (Å²) in [4.78, 5) is 0. The summed E-state index contributed by atoms with van der Waals surface area (Å²) in [6.07, 6.45) is 0. The Morgan fingerprint density at radius 3 is 1.90 bits per heavy atom. The first-order valence-electron chi connectivity index (χ1n) is 13.4. The van der Waals surface area contributed by atoms with Crippen LogP contribution in [0.2, 0.25) is 0 Å². The van der Waals surface area contributed by atoms with E-state index in [1.54, 1.807) is 0 Å². The van der Waals surface area contributed by atoms with E-state index in [4.69, 9.17) is 4.74 Å². The van der Waals surface area contributed by atoms with Crippen molar-refractivity contribution >= 4 is 53.9 Å². The summed E-state index contributed by atoms with van der Waals surface area (Å²) in [7, 11) is 0. The summed E-state index contributed by atoms with van der Waals surface area (Å²) < 4.78 is 6.46. The molecule has 0 bridgehead atoms. The summed E-state index contributed by atoms with van der Waals surface area (Å²) in [6.45, 7) is 0. The molecule has 0 unspecified atom stereocenters. The first kappa shape index (κ1) is 20.9. The average molecular weight is 495 g/mol. The largest absolute Gasteiger partial charge is 0.456 e. The fourth-order valence-electron chi connectivity index (χ4n) is 6.58. The zero-order chi connectivity index (χ0) is 25.5. The standard InChI is InChI=1S/C38H22O/c1-3-11-28-23(8-1)16-17-26-19-32-24(18-33(26)28)10-7-14-30(32)27-20-34-29-12-4-2-9-25(29)22-37-38(34)35(21-27)31-13-5-6-15-36(31)39-37/h1-22H. The molecule has 1 aliphatic rings. The van der Waals surface area contributed by atoms with Gasteiger partial charge in [-0.2, -0.15) is 0 Å². The van der Waals surface area contributed by atoms with Crippen molar-refractivity contribution in [1.82, 2.24) is 0 Å². The van der Waals surface area contributed by atoms with Crippen LogP contribution in [0.4, 0.5) is 0 Å². The van der Waals surface area contributed by atoms with Crippen LogP contribution in [-0.2, 0) is 0 Å². The molecule has 1 heteroatoms. The molecule has 0 amide bonds. The van der Waals surface area contributed by atoms with Gasteiger partial charge >= 0.3 is 0 Å². The van der Waals surface area contributed by atoms with E-state index in [2.05, 4.69) is 127 Å². The number of rotatable bonds is 1. The first-order valence-corrected chi connectivity index (χ1v) is 13.4. The molecule has 9 rings (SSSR count). The second kappa shape index (κ2) is 7.69. The number of fused-ring (bicyclic) bond motifs is 8. The van der Waals surface area contributed by atoms with Gasteiger partial charge in [-0.3, -0.25) is 0 Å². The minimum Gasteiger partial charge on any atom is -0.456 e. The molecule has 0 radical (unpaired) electrons. The van der Waals surface area contributed by atoms with E-state index < -0.39 is 0 Å². The number of hydrogen-bond donors (Lipinski definition) is 0. The highest BCUT2D eigenvalue weighted by atomic mass is 16.5. The third-order valence-corrected chi connectivity index (χ3v) is 8.37. The molecule has 8 aromatic rings. The molecule has 180 valence electrons. The molecule has 0 saturated heterocycles. The highest BCUT2D eigenvalue weighted by Crippen LogP contribution is 2.50. The molecule has 0 saturated carbocycles. The lowest BCUT2D eigenvalue weighted by molar-refractivity contribution is 0.487. The van der Waals surface area contributed by atoms with E-state index in [1.165, 1.54) is 70.6 Å². The summed E-state index contributed by atoms with van der Waals surface area (Å²) in [5.74, 6) is 1.84. The van der Waals surface area contributed by atoms with Crippen molar-refractivity contribution in [3.05, 3.63) is 133 Å². The summed E-state index contributed by atoms with van der Waals surface area (Å²) >= 11 is 0. The zero-order valence-corrected chi connectivity index (χ0v) is 21.1. The van der Waals surface area contributed by atoms with Crippen molar-refractivity contribution < 1.29 is 4.74 Å². The van der Waals surface area contributed by atoms with Crippen LogP contribution in [0.15, 0.2) is 133 Å². The molecule has 0 atom stereocenters. The van der Waals surface area contributed by atoms with Gasteiger partial charge in [-0.1, -0.05) is 97.1 Å². The number of hydrogen-bond acceptors (Lipinski definition) is 1. The first-order chi connectivity index (χ1) is 19.3. The Morgan fingerprint density at radius 2 is 0.974 bits per heavy atom. The average Bonchev–Trinajstić information content (AvgIpc) is 2.99. The van der Waals surface area contributed by atoms with E-state index in [1.807, 2.05) is 6.07 Å². The summed E-state index contributed by atoms with van der Waals surface area (Å²) in [5.41, 5.74) is 4.85. The lowest BCUT2D eigenvalue weighted by Crippen LogP contribution is -1.98. The Morgan fingerprint density at radius 1 is 0.333 bits per heavy atom. The topological polar surface area (TPSA) is 9.23 Å². The van der Waals surface area contributed by atoms with Crippen LogP contribution in [0.5, 0.6) is 11.5 Å². The van der Waals surface area contributed by atoms with Crippen LogP contribution in [-0.4, -0.2) is 0 Å². The highest BCUT2D eigenvalue weighted by molar-refractivity contribution is 6.19. The summed E-state index contributed by atoms with van der Waals surface area (Å²) in [5, 5.41) is 12.5. The molecule has 0 aliphatic carbocycles. The maximum Gasteiger partial charge on any atom is 0.136 e. The van der Waals surface area contributed by atoms with Crippen molar-refractivity contribution in [3.8, 4) is 33.8 Å². The van der Waals surface area contributed by atoms with E-state index in [-0.39, 0.29) is 0 Å². The van der Waals surface area contributed by atoms with Gasteiger partial charge in [-0.15, -0.1) is 0 Å². The lowest BCUT2D eigenvalue weighted by Gasteiger charge is -2.23. The van der Waals surface area contributed by atoms with Gasteiger partial charge in [0, 0.05) is 10.9 Å². The molecule has 8 aromatic carbocycles. The Balaban J connectivity index is 1.40. The third-order valence-electron chi connectivity index (χ3n) is 8.37. The molecule has 0 fully saturated rings. The minimum absolute atomic E-state index is 0.912. The molecular formula is C38H22O. The number of para-hydroxylation sites is 1. The van der Waals surface area contributed by atoms with Gasteiger partial charge in [0.15, 0.2) is 0 Å². The van der Waals surface area contributed by atoms with Crippen LogP contribution in [0.25, 0.3) is 76.1 Å². The zero-order valence-electron chi connectivity index (χ0n) is 21.1. The molecule has 39 heavy (non-hydrogen) atoms.